The molecule has 0 aromatic heterocycles. The van der Waals surface area contributed by atoms with Crippen LogP contribution in [0.4, 0.5) is 10.1 Å². The molecule has 1 N–H and O–H groups in total. The van der Waals surface area contributed by atoms with Crippen LogP contribution in [0.1, 0.15) is 11.1 Å². The molecule has 1 amide bonds. The predicted octanol–water partition coefficient (Wildman–Crippen LogP) is 4.39. The second kappa shape index (κ2) is 11.9. The number of hydrogen-bond donors (Lipinski definition) is 1. The van der Waals surface area contributed by atoms with Gasteiger partial charge in [0.25, 0.3) is 10.0 Å². The summed E-state index contributed by atoms with van der Waals surface area (Å²) < 4.78 is 47.0. The Bertz CT molecular complexity index is 1200. The number of nitrogens with one attached hydrogen (secondary N) is 1. The fourth-order valence-corrected chi connectivity index (χ4v) is 5.40. The van der Waals surface area contributed by atoms with Crippen molar-refractivity contribution in [3.8, 4) is 5.75 Å². The number of sulfonamides is 1. The largest absolute Gasteiger partial charge is 0.497 e. The van der Waals surface area contributed by atoms with Gasteiger partial charge < -0.3 is 10.1 Å². The van der Waals surface area contributed by atoms with E-state index >= 15 is 0 Å². The van der Waals surface area contributed by atoms with E-state index in [1.807, 2.05) is 6.92 Å². The van der Waals surface area contributed by atoms with E-state index in [4.69, 9.17) is 4.74 Å². The highest BCUT2D eigenvalue weighted by Crippen LogP contribution is 2.27. The smallest absolute Gasteiger partial charge is 0.264 e. The van der Waals surface area contributed by atoms with Gasteiger partial charge in [0.2, 0.25) is 5.91 Å². The van der Waals surface area contributed by atoms with Crippen molar-refractivity contribution in [2.75, 3.05) is 30.3 Å². The normalized spacial score (nSPS) is 11.1. The lowest BCUT2D eigenvalue weighted by molar-refractivity contribution is -0.119. The standard InChI is InChI=1S/C25H27FN2O4S2/c1-19-7-9-20(10-8-19)18-33-16-15-27-25(29)17-28(24-6-4-3-5-23(24)26)34(30,31)22-13-11-21(32-2)12-14-22/h3-14H,15-18H2,1-2H3,(H,27,29). The summed E-state index contributed by atoms with van der Waals surface area (Å²) in [6.45, 7) is 1.85. The van der Waals surface area contributed by atoms with E-state index in [-0.39, 0.29) is 10.6 Å². The molecule has 9 heteroatoms. The van der Waals surface area contributed by atoms with Gasteiger partial charge in [0, 0.05) is 18.1 Å². The van der Waals surface area contributed by atoms with Gasteiger partial charge in [-0.3, -0.25) is 9.10 Å². The third-order valence-electron chi connectivity index (χ3n) is 5.01. The van der Waals surface area contributed by atoms with Crippen LogP contribution in [0.3, 0.4) is 0 Å². The Labute approximate surface area is 204 Å². The van der Waals surface area contributed by atoms with E-state index in [9.17, 15) is 17.6 Å². The van der Waals surface area contributed by atoms with Gasteiger partial charge >= 0.3 is 0 Å². The molecule has 3 rings (SSSR count). The van der Waals surface area contributed by atoms with Crippen LogP contribution in [0.2, 0.25) is 0 Å². The lowest BCUT2D eigenvalue weighted by Gasteiger charge is -2.24. The van der Waals surface area contributed by atoms with Crippen LogP contribution in [0, 0.1) is 12.7 Å². The molecule has 0 spiro atoms. The summed E-state index contributed by atoms with van der Waals surface area (Å²) >= 11 is 1.66. The Kier molecular flexibility index (Phi) is 8.95. The maximum atomic E-state index is 14.5. The fourth-order valence-electron chi connectivity index (χ4n) is 3.15. The Hall–Kier alpha value is -3.04. The molecule has 6 nitrogen and oxygen atoms in total. The summed E-state index contributed by atoms with van der Waals surface area (Å²) in [6, 6.07) is 19.4. The number of nitrogens with zero attached hydrogens (tertiary/aromatic N) is 1. The van der Waals surface area contributed by atoms with E-state index < -0.39 is 28.3 Å². The van der Waals surface area contributed by atoms with Crippen LogP contribution < -0.4 is 14.4 Å². The first-order valence-corrected chi connectivity index (χ1v) is 13.2. The van der Waals surface area contributed by atoms with Crippen molar-refractivity contribution in [3.63, 3.8) is 0 Å². The molecule has 0 bridgehead atoms. The van der Waals surface area contributed by atoms with Crippen LogP contribution in [-0.2, 0) is 20.6 Å². The first-order valence-electron chi connectivity index (χ1n) is 10.6. The minimum absolute atomic E-state index is 0.0713. The average molecular weight is 503 g/mol. The van der Waals surface area contributed by atoms with Crippen molar-refractivity contribution < 1.29 is 22.3 Å². The third-order valence-corrected chi connectivity index (χ3v) is 7.82. The van der Waals surface area contributed by atoms with Crippen molar-refractivity contribution in [2.45, 2.75) is 17.6 Å². The zero-order valence-electron chi connectivity index (χ0n) is 19.0. The molecule has 3 aromatic rings. The predicted molar refractivity (Wildman–Crippen MR) is 134 cm³/mol. The summed E-state index contributed by atoms with van der Waals surface area (Å²) in [6.07, 6.45) is 0. The molecule has 0 saturated heterocycles. The molecule has 0 heterocycles. The average Bonchev–Trinajstić information content (AvgIpc) is 2.84. The molecule has 0 aliphatic carbocycles. The van der Waals surface area contributed by atoms with Gasteiger partial charge in [0.05, 0.1) is 17.7 Å². The molecule has 3 aromatic carbocycles. The Morgan fingerprint density at radius 2 is 1.71 bits per heavy atom. The van der Waals surface area contributed by atoms with Gasteiger partial charge in [-0.25, -0.2) is 12.8 Å². The number of anilines is 1. The molecule has 0 saturated carbocycles. The topological polar surface area (TPSA) is 75.7 Å². The number of carbonyl (C=O) groups is 1. The van der Waals surface area contributed by atoms with Crippen molar-refractivity contribution >= 4 is 33.4 Å². The minimum Gasteiger partial charge on any atom is -0.497 e. The highest BCUT2D eigenvalue weighted by atomic mass is 32.2. The van der Waals surface area contributed by atoms with Crippen LogP contribution in [0.25, 0.3) is 0 Å². The molecule has 0 fully saturated rings. The highest BCUT2D eigenvalue weighted by Gasteiger charge is 2.29. The van der Waals surface area contributed by atoms with E-state index in [1.165, 1.54) is 60.7 Å². The number of methoxy groups -OCH3 is 1. The van der Waals surface area contributed by atoms with Crippen LogP contribution in [0.5, 0.6) is 5.75 Å². The Balaban J connectivity index is 1.66. The second-order valence-corrected chi connectivity index (χ2v) is 10.5. The number of thioether (sulfide) groups is 1. The van der Waals surface area contributed by atoms with E-state index in [0.717, 1.165) is 16.1 Å². The van der Waals surface area contributed by atoms with Crippen LogP contribution in [-0.4, -0.2) is 40.3 Å². The quantitative estimate of drug-likeness (QED) is 0.394. The summed E-state index contributed by atoms with van der Waals surface area (Å²) in [4.78, 5) is 12.5. The van der Waals surface area contributed by atoms with Gasteiger partial charge in [-0.15, -0.1) is 0 Å². The second-order valence-electron chi connectivity index (χ2n) is 7.53. The molecule has 34 heavy (non-hydrogen) atoms. The van der Waals surface area contributed by atoms with Gasteiger partial charge in [0.15, 0.2) is 0 Å². The number of hydrogen-bond acceptors (Lipinski definition) is 5. The number of aryl methyl sites for hydroxylation is 1. The number of ether oxygens (including phenoxy) is 1. The van der Waals surface area contributed by atoms with Gasteiger partial charge in [-0.2, -0.15) is 11.8 Å². The van der Waals surface area contributed by atoms with Crippen molar-refractivity contribution in [1.82, 2.24) is 5.32 Å². The molecule has 180 valence electrons. The first-order chi connectivity index (χ1) is 16.3. The van der Waals surface area contributed by atoms with Gasteiger partial charge in [0.1, 0.15) is 18.1 Å². The summed E-state index contributed by atoms with van der Waals surface area (Å²) in [7, 11) is -2.73. The third kappa shape index (κ3) is 6.74. The summed E-state index contributed by atoms with van der Waals surface area (Å²) in [5.41, 5.74) is 2.20. The van der Waals surface area contributed by atoms with E-state index in [1.54, 1.807) is 11.8 Å². The number of carbonyl (C=O) groups excluding carboxylic acids is 1. The van der Waals surface area contributed by atoms with Gasteiger partial charge in [-0.1, -0.05) is 42.0 Å². The number of halogens is 1. The first kappa shape index (κ1) is 25.6. The van der Waals surface area contributed by atoms with Crippen molar-refractivity contribution in [2.24, 2.45) is 0 Å². The molecular formula is C25H27FN2O4S2. The van der Waals surface area contributed by atoms with Gasteiger partial charge in [-0.05, 0) is 48.9 Å². The lowest BCUT2D eigenvalue weighted by Crippen LogP contribution is -2.41. The number of amides is 1. The summed E-state index contributed by atoms with van der Waals surface area (Å²) in [5.74, 6) is 0.697. The molecule has 0 radical (unpaired) electrons. The maximum absolute atomic E-state index is 14.5. The monoisotopic (exact) mass is 502 g/mol. The van der Waals surface area contributed by atoms with Crippen LogP contribution in [0.15, 0.2) is 77.7 Å². The number of benzene rings is 3. The molecular weight excluding hydrogens is 475 g/mol. The Morgan fingerprint density at radius 3 is 2.35 bits per heavy atom. The number of rotatable bonds is 11. The zero-order valence-corrected chi connectivity index (χ0v) is 20.7. The van der Waals surface area contributed by atoms with E-state index in [0.29, 0.717) is 18.0 Å². The van der Waals surface area contributed by atoms with Crippen LogP contribution >= 0.6 is 11.8 Å². The SMILES string of the molecule is COc1ccc(S(=O)(=O)N(CC(=O)NCCSCc2ccc(C)cc2)c2ccccc2F)cc1. The minimum atomic E-state index is -4.20. The zero-order chi connectivity index (χ0) is 24.6. The molecule has 0 atom stereocenters. The molecule has 0 aliphatic rings. The lowest BCUT2D eigenvalue weighted by atomic mass is 10.2. The maximum Gasteiger partial charge on any atom is 0.264 e. The fraction of sp³-hybridized carbons (Fsp3) is 0.240. The van der Waals surface area contributed by atoms with E-state index in [2.05, 4.69) is 29.6 Å². The molecule has 0 unspecified atom stereocenters. The summed E-state index contributed by atoms with van der Waals surface area (Å²) in [5, 5.41) is 2.73. The Morgan fingerprint density at radius 1 is 1.03 bits per heavy atom. The van der Waals surface area contributed by atoms with Crippen molar-refractivity contribution in [3.05, 3.63) is 89.7 Å². The highest BCUT2D eigenvalue weighted by molar-refractivity contribution is 7.98. The number of para-hydroxylation sites is 1. The van der Waals surface area contributed by atoms with Crippen molar-refractivity contribution in [1.29, 1.82) is 0 Å². The molecule has 0 aliphatic heterocycles.